The first kappa shape index (κ1) is 23.0. The molecule has 31 heavy (non-hydrogen) atoms. The molecule has 0 bridgehead atoms. The third kappa shape index (κ3) is 5.50. The fourth-order valence-electron chi connectivity index (χ4n) is 3.35. The zero-order chi connectivity index (χ0) is 22.5. The van der Waals surface area contributed by atoms with Gasteiger partial charge < -0.3 is 10.6 Å². The zero-order valence-corrected chi connectivity index (χ0v) is 19.2. The SMILES string of the molecule is CC(=O)C1=C(C)NC(SCC(=O)Nc2ccc(Cl)cc2)=C(C#N)[C@H]1c1ccc(Cl)cc1. The molecule has 0 fully saturated rings. The number of benzene rings is 2. The molecule has 1 amide bonds. The lowest BCUT2D eigenvalue weighted by Gasteiger charge is -2.29. The number of rotatable bonds is 6. The summed E-state index contributed by atoms with van der Waals surface area (Å²) >= 11 is 13.1. The average Bonchev–Trinajstić information content (AvgIpc) is 2.73. The van der Waals surface area contributed by atoms with Crippen LogP contribution in [0.5, 0.6) is 0 Å². The molecule has 0 spiro atoms. The van der Waals surface area contributed by atoms with Gasteiger partial charge in [-0.05, 0) is 55.8 Å². The predicted octanol–water partition coefficient (Wildman–Crippen LogP) is 5.65. The van der Waals surface area contributed by atoms with Crippen LogP contribution in [0.1, 0.15) is 25.3 Å². The van der Waals surface area contributed by atoms with E-state index in [0.717, 1.165) is 5.56 Å². The smallest absolute Gasteiger partial charge is 0.234 e. The maximum Gasteiger partial charge on any atom is 0.234 e. The minimum absolute atomic E-state index is 0.0894. The molecule has 0 saturated carbocycles. The molecule has 2 aromatic rings. The molecule has 0 aliphatic carbocycles. The van der Waals surface area contributed by atoms with Crippen molar-refractivity contribution in [2.75, 3.05) is 11.1 Å². The summed E-state index contributed by atoms with van der Waals surface area (Å²) in [5.41, 5.74) is 2.99. The van der Waals surface area contributed by atoms with Crippen LogP contribution in [0.4, 0.5) is 5.69 Å². The largest absolute Gasteiger partial charge is 0.353 e. The van der Waals surface area contributed by atoms with Crippen LogP contribution in [0.15, 0.2) is 70.4 Å². The molecule has 3 rings (SSSR count). The molecule has 0 radical (unpaired) electrons. The molecule has 8 heteroatoms. The molecule has 158 valence electrons. The number of nitriles is 1. The van der Waals surface area contributed by atoms with Crippen LogP contribution >= 0.6 is 35.0 Å². The van der Waals surface area contributed by atoms with E-state index in [1.165, 1.54) is 18.7 Å². The van der Waals surface area contributed by atoms with Crippen LogP contribution in [0.2, 0.25) is 10.0 Å². The van der Waals surface area contributed by atoms with Gasteiger partial charge in [0.1, 0.15) is 0 Å². The number of nitrogens with zero attached hydrogens (tertiary/aromatic N) is 1. The van der Waals surface area contributed by atoms with Gasteiger partial charge in [0.2, 0.25) is 5.91 Å². The highest BCUT2D eigenvalue weighted by Gasteiger charge is 2.33. The lowest BCUT2D eigenvalue weighted by Crippen LogP contribution is -2.27. The van der Waals surface area contributed by atoms with Crippen LogP contribution in [0, 0.1) is 11.3 Å². The number of Topliss-reactive ketones (excluding diaryl/α,β-unsaturated/α-hetero) is 1. The minimum Gasteiger partial charge on any atom is -0.353 e. The molecule has 0 aromatic heterocycles. The average molecular weight is 472 g/mol. The van der Waals surface area contributed by atoms with E-state index in [2.05, 4.69) is 16.7 Å². The van der Waals surface area contributed by atoms with E-state index < -0.39 is 5.92 Å². The number of halogens is 2. The Morgan fingerprint density at radius 2 is 1.68 bits per heavy atom. The quantitative estimate of drug-likeness (QED) is 0.568. The number of ketones is 1. The Hall–Kier alpha value is -2.72. The molecule has 1 aliphatic heterocycles. The predicted molar refractivity (Wildman–Crippen MR) is 126 cm³/mol. The van der Waals surface area contributed by atoms with Crippen molar-refractivity contribution in [1.82, 2.24) is 5.32 Å². The summed E-state index contributed by atoms with van der Waals surface area (Å²) in [6.07, 6.45) is 0. The van der Waals surface area contributed by atoms with Crippen LogP contribution < -0.4 is 10.6 Å². The summed E-state index contributed by atoms with van der Waals surface area (Å²) < 4.78 is 0. The fourth-order valence-corrected chi connectivity index (χ4v) is 4.49. The Kier molecular flexibility index (Phi) is 7.45. The Bertz CT molecular complexity index is 1120. The van der Waals surface area contributed by atoms with Crippen molar-refractivity contribution in [3.8, 4) is 6.07 Å². The van der Waals surface area contributed by atoms with Crippen molar-refractivity contribution in [2.45, 2.75) is 19.8 Å². The molecule has 2 aromatic carbocycles. The topological polar surface area (TPSA) is 82.0 Å². The van der Waals surface area contributed by atoms with E-state index in [1.54, 1.807) is 55.5 Å². The third-order valence-corrected chi connectivity index (χ3v) is 6.23. The number of carbonyl (C=O) groups excluding carboxylic acids is 2. The van der Waals surface area contributed by atoms with Gasteiger partial charge in [-0.2, -0.15) is 5.26 Å². The maximum atomic E-state index is 12.4. The van der Waals surface area contributed by atoms with Gasteiger partial charge in [-0.25, -0.2) is 0 Å². The Labute approximate surface area is 195 Å². The van der Waals surface area contributed by atoms with Crippen LogP contribution in [0.3, 0.4) is 0 Å². The number of hydrogen-bond acceptors (Lipinski definition) is 5. The summed E-state index contributed by atoms with van der Waals surface area (Å²) in [5.74, 6) is -0.780. The van der Waals surface area contributed by atoms with Crippen molar-refractivity contribution in [2.24, 2.45) is 0 Å². The molecule has 1 atom stereocenters. The Morgan fingerprint density at radius 1 is 1.10 bits per heavy atom. The van der Waals surface area contributed by atoms with Gasteiger partial charge in [0.25, 0.3) is 0 Å². The van der Waals surface area contributed by atoms with Gasteiger partial charge in [-0.1, -0.05) is 47.1 Å². The number of thioether (sulfide) groups is 1. The number of hydrogen-bond donors (Lipinski definition) is 2. The van der Waals surface area contributed by atoms with Gasteiger partial charge in [0.15, 0.2) is 5.78 Å². The summed E-state index contributed by atoms with van der Waals surface area (Å²) in [4.78, 5) is 24.8. The van der Waals surface area contributed by atoms with Gasteiger partial charge >= 0.3 is 0 Å². The molecule has 1 aliphatic rings. The lowest BCUT2D eigenvalue weighted by atomic mass is 9.81. The second-order valence-electron chi connectivity index (χ2n) is 6.90. The van der Waals surface area contributed by atoms with Gasteiger partial charge in [-0.15, -0.1) is 0 Å². The first-order valence-corrected chi connectivity index (χ1v) is 11.1. The van der Waals surface area contributed by atoms with E-state index >= 15 is 0 Å². The number of allylic oxidation sites excluding steroid dienone is 3. The number of nitrogens with one attached hydrogen (secondary N) is 2. The van der Waals surface area contributed by atoms with E-state index in [0.29, 0.717) is 37.6 Å². The van der Waals surface area contributed by atoms with Gasteiger partial charge in [0, 0.05) is 27.0 Å². The number of dihydropyridines is 1. The third-order valence-electron chi connectivity index (χ3n) is 4.71. The maximum absolute atomic E-state index is 12.4. The van der Waals surface area contributed by atoms with Crippen LogP contribution in [0.25, 0.3) is 0 Å². The molecule has 5 nitrogen and oxygen atoms in total. The monoisotopic (exact) mass is 471 g/mol. The van der Waals surface area contributed by atoms with Crippen LogP contribution in [-0.4, -0.2) is 17.4 Å². The summed E-state index contributed by atoms with van der Waals surface area (Å²) in [6.45, 7) is 3.28. The van der Waals surface area contributed by atoms with Crippen molar-refractivity contribution >= 4 is 52.3 Å². The highest BCUT2D eigenvalue weighted by Crippen LogP contribution is 2.41. The highest BCUT2D eigenvalue weighted by molar-refractivity contribution is 8.03. The van der Waals surface area contributed by atoms with E-state index in [4.69, 9.17) is 23.2 Å². The Balaban J connectivity index is 1.86. The number of anilines is 1. The molecule has 0 saturated heterocycles. The fraction of sp³-hybridized carbons (Fsp3) is 0.174. The standard InChI is InChI=1S/C23H19Cl2N3O2S/c1-13-21(14(2)29)22(15-3-5-16(24)6-4-15)19(11-26)23(27-13)31-12-20(30)28-18-9-7-17(25)8-10-18/h3-10,22,27H,12H2,1-2H3,(H,28,30)/t22-/m1/s1. The second kappa shape index (κ2) is 10.1. The van der Waals surface area contributed by atoms with Gasteiger partial charge in [0.05, 0.1) is 28.3 Å². The molecule has 0 unspecified atom stereocenters. The van der Waals surface area contributed by atoms with E-state index in [9.17, 15) is 14.9 Å². The van der Waals surface area contributed by atoms with Gasteiger partial charge in [-0.3, -0.25) is 9.59 Å². The first-order valence-electron chi connectivity index (χ1n) is 9.36. The highest BCUT2D eigenvalue weighted by atomic mass is 35.5. The molecule has 1 heterocycles. The first-order chi connectivity index (χ1) is 14.8. The normalized spacial score (nSPS) is 15.9. The molecule has 2 N–H and O–H groups in total. The summed E-state index contributed by atoms with van der Waals surface area (Å²) in [7, 11) is 0. The number of carbonyl (C=O) groups is 2. The summed E-state index contributed by atoms with van der Waals surface area (Å²) in [6, 6.07) is 16.1. The number of amides is 1. The Morgan fingerprint density at radius 3 is 2.23 bits per heavy atom. The van der Waals surface area contributed by atoms with Crippen molar-refractivity contribution in [3.63, 3.8) is 0 Å². The van der Waals surface area contributed by atoms with Crippen LogP contribution in [-0.2, 0) is 9.59 Å². The summed E-state index contributed by atoms with van der Waals surface area (Å²) in [5, 5.41) is 17.6. The van der Waals surface area contributed by atoms with Crippen molar-refractivity contribution in [1.29, 1.82) is 5.26 Å². The minimum atomic E-state index is -0.525. The zero-order valence-electron chi connectivity index (χ0n) is 16.8. The van der Waals surface area contributed by atoms with Crippen molar-refractivity contribution in [3.05, 3.63) is 86.0 Å². The van der Waals surface area contributed by atoms with E-state index in [1.807, 2.05) is 0 Å². The van der Waals surface area contributed by atoms with E-state index in [-0.39, 0.29) is 17.4 Å². The second-order valence-corrected chi connectivity index (χ2v) is 8.76. The molecular formula is C23H19Cl2N3O2S. The molecular weight excluding hydrogens is 453 g/mol. The van der Waals surface area contributed by atoms with Crippen molar-refractivity contribution < 1.29 is 9.59 Å². The lowest BCUT2D eigenvalue weighted by molar-refractivity contribution is -0.114.